The van der Waals surface area contributed by atoms with Crippen LogP contribution in [0.1, 0.15) is 32.7 Å². The number of amides is 3. The van der Waals surface area contributed by atoms with Gasteiger partial charge in [0.2, 0.25) is 5.91 Å². The van der Waals surface area contributed by atoms with E-state index in [1.165, 1.54) is 48.6 Å². The number of nitro groups is 1. The third kappa shape index (κ3) is 4.38. The zero-order valence-corrected chi connectivity index (χ0v) is 15.4. The van der Waals surface area contributed by atoms with Gasteiger partial charge in [-0.3, -0.25) is 34.2 Å². The van der Waals surface area contributed by atoms with Crippen LogP contribution in [0.25, 0.3) is 6.08 Å². The second kappa shape index (κ2) is 8.35. The van der Waals surface area contributed by atoms with Gasteiger partial charge in [-0.1, -0.05) is 12.1 Å². The SMILES string of the molecule is O=C(O)CCN1C(=O)c2ccc(NC(=O)C=Cc3cccc([N+](=O)[O-])c3)cc2C1=O. The van der Waals surface area contributed by atoms with Crippen molar-refractivity contribution >= 4 is 41.1 Å². The van der Waals surface area contributed by atoms with Gasteiger partial charge >= 0.3 is 5.97 Å². The van der Waals surface area contributed by atoms with Gasteiger partial charge in [0.05, 0.1) is 22.5 Å². The van der Waals surface area contributed by atoms with Crippen LogP contribution < -0.4 is 5.32 Å². The standard InChI is InChI=1S/C20H15N3O7/c24-17(7-4-12-2-1-3-14(10-12)23(29)30)21-13-5-6-15-16(11-13)20(28)22(19(15)27)9-8-18(25)26/h1-7,10-11H,8-9H2,(H,21,24)(H,25,26). The summed E-state index contributed by atoms with van der Waals surface area (Å²) in [6.45, 7) is -0.241. The molecule has 10 heteroatoms. The van der Waals surface area contributed by atoms with Crippen molar-refractivity contribution in [1.82, 2.24) is 4.90 Å². The number of benzene rings is 2. The van der Waals surface area contributed by atoms with Gasteiger partial charge in [-0.25, -0.2) is 0 Å². The van der Waals surface area contributed by atoms with E-state index in [1.54, 1.807) is 6.07 Å². The van der Waals surface area contributed by atoms with Gasteiger partial charge in [0, 0.05) is 30.4 Å². The van der Waals surface area contributed by atoms with Crippen LogP contribution in [0.15, 0.2) is 48.5 Å². The molecule has 10 nitrogen and oxygen atoms in total. The monoisotopic (exact) mass is 409 g/mol. The molecule has 1 heterocycles. The van der Waals surface area contributed by atoms with Gasteiger partial charge in [0.1, 0.15) is 0 Å². The van der Waals surface area contributed by atoms with Gasteiger partial charge in [-0.2, -0.15) is 0 Å². The van der Waals surface area contributed by atoms with Gasteiger partial charge in [0.15, 0.2) is 0 Å². The molecule has 0 atom stereocenters. The Balaban J connectivity index is 1.70. The van der Waals surface area contributed by atoms with Gasteiger partial charge < -0.3 is 10.4 Å². The molecule has 0 saturated heterocycles. The van der Waals surface area contributed by atoms with E-state index in [2.05, 4.69) is 5.32 Å². The molecule has 30 heavy (non-hydrogen) atoms. The van der Waals surface area contributed by atoms with E-state index >= 15 is 0 Å². The largest absolute Gasteiger partial charge is 0.481 e. The maximum Gasteiger partial charge on any atom is 0.305 e. The lowest BCUT2D eigenvalue weighted by Gasteiger charge is -2.11. The lowest BCUT2D eigenvalue weighted by molar-refractivity contribution is -0.384. The summed E-state index contributed by atoms with van der Waals surface area (Å²) in [6, 6.07) is 9.92. The minimum absolute atomic E-state index is 0.0749. The Labute approximate surface area is 169 Å². The van der Waals surface area contributed by atoms with Crippen LogP contribution in [-0.4, -0.2) is 45.2 Å². The molecule has 3 amide bonds. The number of carboxylic acid groups (broad SMARTS) is 1. The van der Waals surface area contributed by atoms with Crippen LogP contribution in [0.5, 0.6) is 0 Å². The summed E-state index contributed by atoms with van der Waals surface area (Å²) in [5.41, 5.74) is 0.833. The fourth-order valence-corrected chi connectivity index (χ4v) is 2.88. The molecule has 0 bridgehead atoms. The number of nitro benzene ring substituents is 1. The molecule has 0 spiro atoms. The van der Waals surface area contributed by atoms with E-state index in [-0.39, 0.29) is 35.5 Å². The highest BCUT2D eigenvalue weighted by atomic mass is 16.6. The number of imide groups is 1. The van der Waals surface area contributed by atoms with Crippen molar-refractivity contribution in [3.8, 4) is 0 Å². The Morgan fingerprint density at radius 2 is 1.83 bits per heavy atom. The first kappa shape index (κ1) is 20.4. The summed E-state index contributed by atoms with van der Waals surface area (Å²) in [7, 11) is 0. The second-order valence-electron chi connectivity index (χ2n) is 6.34. The normalized spacial score (nSPS) is 12.9. The molecular weight excluding hydrogens is 394 g/mol. The molecule has 0 saturated carbocycles. The fourth-order valence-electron chi connectivity index (χ4n) is 2.88. The molecule has 0 radical (unpaired) electrons. The third-order valence-corrected chi connectivity index (χ3v) is 4.30. The molecule has 3 rings (SSSR count). The van der Waals surface area contributed by atoms with Crippen LogP contribution in [-0.2, 0) is 9.59 Å². The summed E-state index contributed by atoms with van der Waals surface area (Å²) in [5, 5.41) is 22.1. The highest BCUT2D eigenvalue weighted by Crippen LogP contribution is 2.26. The molecule has 0 aliphatic carbocycles. The number of anilines is 1. The number of non-ortho nitro benzene ring substituents is 1. The van der Waals surface area contributed by atoms with Crippen LogP contribution in [0.2, 0.25) is 0 Å². The average Bonchev–Trinajstić information content (AvgIpc) is 2.94. The molecule has 0 aromatic heterocycles. The van der Waals surface area contributed by atoms with E-state index < -0.39 is 28.6 Å². The second-order valence-corrected chi connectivity index (χ2v) is 6.34. The number of rotatable bonds is 7. The quantitative estimate of drug-likeness (QED) is 0.309. The lowest BCUT2D eigenvalue weighted by Crippen LogP contribution is -2.31. The first-order chi connectivity index (χ1) is 14.3. The van der Waals surface area contributed by atoms with Crippen molar-refractivity contribution < 1.29 is 29.2 Å². The minimum atomic E-state index is -1.13. The van der Waals surface area contributed by atoms with Crippen LogP contribution >= 0.6 is 0 Å². The highest BCUT2D eigenvalue weighted by Gasteiger charge is 2.35. The van der Waals surface area contributed by atoms with Crippen molar-refractivity contribution in [1.29, 1.82) is 0 Å². The predicted octanol–water partition coefficient (Wildman–Crippen LogP) is 2.32. The molecular formula is C20H15N3O7. The van der Waals surface area contributed by atoms with E-state index in [0.717, 1.165) is 4.90 Å². The Hall–Kier alpha value is -4.34. The van der Waals surface area contributed by atoms with Crippen molar-refractivity contribution in [3.63, 3.8) is 0 Å². The number of nitrogens with one attached hydrogen (secondary N) is 1. The molecule has 152 valence electrons. The maximum absolute atomic E-state index is 12.4. The molecule has 1 aliphatic heterocycles. The minimum Gasteiger partial charge on any atom is -0.481 e. The molecule has 2 N–H and O–H groups in total. The fraction of sp³-hybridized carbons (Fsp3) is 0.100. The zero-order chi connectivity index (χ0) is 21.8. The smallest absolute Gasteiger partial charge is 0.305 e. The number of nitrogens with zero attached hydrogens (tertiary/aromatic N) is 2. The van der Waals surface area contributed by atoms with Crippen LogP contribution in [0.3, 0.4) is 0 Å². The summed E-state index contributed by atoms with van der Waals surface area (Å²) in [6.07, 6.45) is 2.22. The van der Waals surface area contributed by atoms with Gasteiger partial charge in [-0.05, 0) is 29.8 Å². The molecule has 2 aromatic carbocycles. The number of carbonyl (C=O) groups is 4. The molecule has 1 aliphatic rings. The number of hydrogen-bond acceptors (Lipinski definition) is 6. The van der Waals surface area contributed by atoms with Crippen molar-refractivity contribution in [2.45, 2.75) is 6.42 Å². The van der Waals surface area contributed by atoms with Crippen molar-refractivity contribution in [3.05, 3.63) is 75.3 Å². The number of fused-ring (bicyclic) bond motifs is 1. The summed E-state index contributed by atoms with van der Waals surface area (Å²) < 4.78 is 0. The first-order valence-corrected chi connectivity index (χ1v) is 8.72. The van der Waals surface area contributed by atoms with Crippen LogP contribution in [0.4, 0.5) is 11.4 Å². The summed E-state index contributed by atoms with van der Waals surface area (Å²) in [4.78, 5) is 58.6. The predicted molar refractivity (Wildman–Crippen MR) is 105 cm³/mol. The lowest BCUT2D eigenvalue weighted by atomic mass is 10.1. The number of aliphatic carboxylic acids is 1. The summed E-state index contributed by atoms with van der Waals surface area (Å²) in [5.74, 6) is -2.88. The Kier molecular flexibility index (Phi) is 5.68. The van der Waals surface area contributed by atoms with Crippen molar-refractivity contribution in [2.24, 2.45) is 0 Å². The van der Waals surface area contributed by atoms with Crippen LogP contribution in [0, 0.1) is 10.1 Å². The van der Waals surface area contributed by atoms with E-state index in [9.17, 15) is 29.3 Å². The zero-order valence-electron chi connectivity index (χ0n) is 15.4. The number of carboxylic acids is 1. The first-order valence-electron chi connectivity index (χ1n) is 8.72. The number of carbonyl (C=O) groups excluding carboxylic acids is 3. The topological polar surface area (TPSA) is 147 Å². The van der Waals surface area contributed by atoms with E-state index in [4.69, 9.17) is 5.11 Å². The third-order valence-electron chi connectivity index (χ3n) is 4.30. The van der Waals surface area contributed by atoms with Crippen molar-refractivity contribution in [2.75, 3.05) is 11.9 Å². The maximum atomic E-state index is 12.4. The molecule has 0 unspecified atom stereocenters. The Morgan fingerprint density at radius 3 is 2.53 bits per heavy atom. The molecule has 2 aromatic rings. The summed E-state index contributed by atoms with van der Waals surface area (Å²) >= 11 is 0. The van der Waals surface area contributed by atoms with Gasteiger partial charge in [-0.15, -0.1) is 0 Å². The number of hydrogen-bond donors (Lipinski definition) is 2. The average molecular weight is 409 g/mol. The molecule has 0 fully saturated rings. The van der Waals surface area contributed by atoms with E-state index in [1.807, 2.05) is 0 Å². The highest BCUT2D eigenvalue weighted by molar-refractivity contribution is 6.22. The Morgan fingerprint density at radius 1 is 1.10 bits per heavy atom. The Bertz CT molecular complexity index is 1110. The van der Waals surface area contributed by atoms with Gasteiger partial charge in [0.25, 0.3) is 17.5 Å². The van der Waals surface area contributed by atoms with E-state index in [0.29, 0.717) is 5.56 Å².